The monoisotopic (exact) mass is 354 g/mol. The fourth-order valence-corrected chi connectivity index (χ4v) is 3.36. The molecule has 4 aromatic rings. The molecule has 1 N–H and O–H groups in total. The van der Waals surface area contributed by atoms with E-state index in [-0.39, 0.29) is 11.5 Å². The zero-order chi connectivity index (χ0) is 18.8. The molecule has 0 radical (unpaired) electrons. The van der Waals surface area contributed by atoms with E-state index in [2.05, 4.69) is 9.98 Å². The van der Waals surface area contributed by atoms with Gasteiger partial charge >= 0.3 is 0 Å². The standard InChI is InChI=1S/C22H18N4O/c1-24-13-17(12-23)15-7-9-20-19(11-15)22-16(14-25-20)8-10-21(27)26(22)18-5-3-2-4-6-18/h2-14,17,23H,1H3. The maximum Gasteiger partial charge on any atom is 0.255 e. The fraction of sp³-hybridized carbons (Fsp3) is 0.0909. The van der Waals surface area contributed by atoms with E-state index in [4.69, 9.17) is 5.41 Å². The van der Waals surface area contributed by atoms with E-state index in [0.29, 0.717) is 0 Å². The first-order valence-corrected chi connectivity index (χ1v) is 8.65. The predicted molar refractivity (Wildman–Crippen MR) is 111 cm³/mol. The van der Waals surface area contributed by atoms with Crippen LogP contribution in [0, 0.1) is 5.41 Å². The lowest BCUT2D eigenvalue weighted by molar-refractivity contribution is 1.05. The molecule has 27 heavy (non-hydrogen) atoms. The Morgan fingerprint density at radius 1 is 1.11 bits per heavy atom. The van der Waals surface area contributed by atoms with Crippen molar-refractivity contribution in [2.75, 3.05) is 7.05 Å². The van der Waals surface area contributed by atoms with Crippen LogP contribution >= 0.6 is 0 Å². The third-order valence-electron chi connectivity index (χ3n) is 4.63. The maximum atomic E-state index is 12.7. The zero-order valence-electron chi connectivity index (χ0n) is 14.8. The van der Waals surface area contributed by atoms with Gasteiger partial charge in [0.15, 0.2) is 0 Å². The van der Waals surface area contributed by atoms with Gasteiger partial charge in [0.2, 0.25) is 0 Å². The molecule has 2 heterocycles. The lowest BCUT2D eigenvalue weighted by Crippen LogP contribution is -2.17. The van der Waals surface area contributed by atoms with Gasteiger partial charge < -0.3 is 5.41 Å². The Labute approximate surface area is 156 Å². The highest BCUT2D eigenvalue weighted by Gasteiger charge is 2.13. The molecule has 0 bridgehead atoms. The van der Waals surface area contributed by atoms with E-state index in [9.17, 15) is 4.79 Å². The third kappa shape index (κ3) is 2.93. The topological polar surface area (TPSA) is 71.1 Å². The summed E-state index contributed by atoms with van der Waals surface area (Å²) in [5, 5.41) is 9.46. The lowest BCUT2D eigenvalue weighted by atomic mass is 9.98. The molecule has 4 rings (SSSR count). The minimum Gasteiger partial charge on any atom is -0.312 e. The number of benzene rings is 2. The minimum atomic E-state index is -0.213. The molecule has 0 amide bonds. The van der Waals surface area contributed by atoms with Gasteiger partial charge in [-0.15, -0.1) is 0 Å². The van der Waals surface area contributed by atoms with Crippen molar-refractivity contribution < 1.29 is 0 Å². The van der Waals surface area contributed by atoms with Crippen molar-refractivity contribution in [3.05, 3.63) is 82.8 Å². The summed E-state index contributed by atoms with van der Waals surface area (Å²) in [4.78, 5) is 21.3. The molecule has 0 aliphatic carbocycles. The molecular weight excluding hydrogens is 336 g/mol. The molecule has 0 fully saturated rings. The summed E-state index contributed by atoms with van der Waals surface area (Å²) in [5.41, 5.74) is 3.28. The number of hydrogen-bond acceptors (Lipinski definition) is 4. The second-order valence-electron chi connectivity index (χ2n) is 6.28. The number of para-hydroxylation sites is 1. The maximum absolute atomic E-state index is 12.7. The van der Waals surface area contributed by atoms with Crippen LogP contribution in [0.4, 0.5) is 0 Å². The average molecular weight is 354 g/mol. The molecule has 0 saturated heterocycles. The van der Waals surface area contributed by atoms with Crippen molar-refractivity contribution in [3.8, 4) is 5.69 Å². The second-order valence-corrected chi connectivity index (χ2v) is 6.28. The number of aliphatic imine (C=N–C) groups is 1. The molecule has 2 aromatic carbocycles. The Bertz CT molecular complexity index is 1230. The lowest BCUT2D eigenvalue weighted by Gasteiger charge is -2.14. The van der Waals surface area contributed by atoms with Gasteiger partial charge in [-0.1, -0.05) is 24.3 Å². The van der Waals surface area contributed by atoms with Crippen molar-refractivity contribution >= 4 is 34.2 Å². The van der Waals surface area contributed by atoms with Crippen molar-refractivity contribution in [1.29, 1.82) is 5.41 Å². The van der Waals surface area contributed by atoms with E-state index in [1.54, 1.807) is 36.2 Å². The van der Waals surface area contributed by atoms with Gasteiger partial charge in [-0.3, -0.25) is 19.3 Å². The third-order valence-corrected chi connectivity index (χ3v) is 4.63. The van der Waals surface area contributed by atoms with E-state index < -0.39 is 0 Å². The summed E-state index contributed by atoms with van der Waals surface area (Å²) in [7, 11) is 1.70. The van der Waals surface area contributed by atoms with Gasteiger partial charge in [0.05, 0.1) is 17.0 Å². The molecule has 2 aromatic heterocycles. The molecule has 1 unspecified atom stereocenters. The van der Waals surface area contributed by atoms with Gasteiger partial charge in [0, 0.05) is 48.2 Å². The normalized spacial score (nSPS) is 12.6. The average Bonchev–Trinajstić information content (AvgIpc) is 2.72. The number of pyridine rings is 2. The van der Waals surface area contributed by atoms with E-state index in [1.165, 1.54) is 6.21 Å². The number of nitrogens with zero attached hydrogens (tertiary/aromatic N) is 3. The number of rotatable bonds is 4. The summed E-state index contributed by atoms with van der Waals surface area (Å²) in [6, 6.07) is 18.8. The smallest absolute Gasteiger partial charge is 0.255 e. The van der Waals surface area contributed by atoms with Crippen LogP contribution < -0.4 is 5.56 Å². The van der Waals surface area contributed by atoms with Gasteiger partial charge in [-0.05, 0) is 35.9 Å². The van der Waals surface area contributed by atoms with E-state index in [0.717, 1.165) is 33.1 Å². The number of fused-ring (bicyclic) bond motifs is 3. The van der Waals surface area contributed by atoms with E-state index >= 15 is 0 Å². The highest BCUT2D eigenvalue weighted by molar-refractivity contribution is 6.05. The molecule has 0 aliphatic rings. The molecular formula is C22H18N4O. The summed E-state index contributed by atoms with van der Waals surface area (Å²) in [6.07, 6.45) is 4.88. The largest absolute Gasteiger partial charge is 0.312 e. The first kappa shape index (κ1) is 16.8. The summed E-state index contributed by atoms with van der Waals surface area (Å²) < 4.78 is 1.72. The highest BCUT2D eigenvalue weighted by Crippen LogP contribution is 2.27. The Hall–Kier alpha value is -3.60. The second kappa shape index (κ2) is 6.96. The number of nitrogens with one attached hydrogen (secondary N) is 1. The molecule has 1 atom stereocenters. The Balaban J connectivity index is 2.12. The van der Waals surface area contributed by atoms with Crippen LogP contribution in [0.5, 0.6) is 0 Å². The molecule has 132 valence electrons. The van der Waals surface area contributed by atoms with Crippen LogP contribution in [0.15, 0.2) is 76.6 Å². The van der Waals surface area contributed by atoms with Gasteiger partial charge in [-0.25, -0.2) is 0 Å². The minimum absolute atomic E-state index is 0.0923. The van der Waals surface area contributed by atoms with Crippen LogP contribution in [0.1, 0.15) is 11.5 Å². The molecule has 0 saturated carbocycles. The van der Waals surface area contributed by atoms with Crippen LogP contribution in [0.2, 0.25) is 0 Å². The number of aromatic nitrogens is 2. The summed E-state index contributed by atoms with van der Waals surface area (Å²) in [6.45, 7) is 0. The van der Waals surface area contributed by atoms with Gasteiger partial charge in [0.1, 0.15) is 0 Å². The first-order valence-electron chi connectivity index (χ1n) is 8.65. The molecule has 0 aliphatic heterocycles. The Kier molecular flexibility index (Phi) is 4.34. The molecule has 0 spiro atoms. The van der Waals surface area contributed by atoms with Gasteiger partial charge in [-0.2, -0.15) is 0 Å². The first-order chi connectivity index (χ1) is 13.2. The van der Waals surface area contributed by atoms with Crippen molar-refractivity contribution in [3.63, 3.8) is 0 Å². The van der Waals surface area contributed by atoms with Crippen molar-refractivity contribution in [2.24, 2.45) is 4.99 Å². The quantitative estimate of drug-likeness (QED) is 0.445. The van der Waals surface area contributed by atoms with Crippen LogP contribution in [-0.4, -0.2) is 29.0 Å². The molecule has 5 nitrogen and oxygen atoms in total. The van der Waals surface area contributed by atoms with Crippen molar-refractivity contribution in [1.82, 2.24) is 9.55 Å². The van der Waals surface area contributed by atoms with Crippen LogP contribution in [0.25, 0.3) is 27.5 Å². The van der Waals surface area contributed by atoms with Crippen LogP contribution in [-0.2, 0) is 0 Å². The zero-order valence-corrected chi connectivity index (χ0v) is 14.8. The number of hydrogen-bond donors (Lipinski definition) is 1. The van der Waals surface area contributed by atoms with Crippen molar-refractivity contribution in [2.45, 2.75) is 5.92 Å². The molecule has 5 heteroatoms. The van der Waals surface area contributed by atoms with Gasteiger partial charge in [0.25, 0.3) is 5.56 Å². The fourth-order valence-electron chi connectivity index (χ4n) is 3.36. The summed E-state index contributed by atoms with van der Waals surface area (Å²) in [5.74, 6) is -0.213. The predicted octanol–water partition coefficient (Wildman–Crippen LogP) is 3.97. The van der Waals surface area contributed by atoms with Crippen LogP contribution in [0.3, 0.4) is 0 Å². The summed E-state index contributed by atoms with van der Waals surface area (Å²) >= 11 is 0. The SMILES string of the molecule is CN=CC(C=N)c1ccc2ncc3ccc(=O)n(-c4ccccc4)c3c2c1. The van der Waals surface area contributed by atoms with E-state index in [1.807, 2.05) is 48.5 Å². The Morgan fingerprint density at radius 3 is 2.67 bits per heavy atom. The Morgan fingerprint density at radius 2 is 1.93 bits per heavy atom. The highest BCUT2D eigenvalue weighted by atomic mass is 16.1.